The molecule has 2 amide bonds. The number of guanidine groups is 1. The summed E-state index contributed by atoms with van der Waals surface area (Å²) in [7, 11) is 4.96. The summed E-state index contributed by atoms with van der Waals surface area (Å²) in [5.41, 5.74) is 5.42. The number of carbonyl (C=O) groups excluding carboxylic acids is 3. The maximum Gasteiger partial charge on any atom is 0.353 e. The number of aliphatic carboxylic acids is 1. The van der Waals surface area contributed by atoms with Crippen LogP contribution in [0.5, 0.6) is 0 Å². The van der Waals surface area contributed by atoms with E-state index in [1.165, 1.54) is 26.5 Å². The summed E-state index contributed by atoms with van der Waals surface area (Å²) >= 11 is 1.44. The van der Waals surface area contributed by atoms with Gasteiger partial charge in [-0.15, -0.1) is 11.8 Å². The Morgan fingerprint density at radius 1 is 1.32 bits per heavy atom. The van der Waals surface area contributed by atoms with E-state index < -0.39 is 11.9 Å². The number of Topliss-reactive ketones (excluding diaryl/α,β-unsaturated/α-hetero) is 1. The van der Waals surface area contributed by atoms with E-state index in [1.54, 1.807) is 21.1 Å². The minimum atomic E-state index is -1.14. The average Bonchev–Trinajstić information content (AvgIpc) is 3.29. The Morgan fingerprint density at radius 3 is 2.53 bits per heavy atom. The molecule has 5 N–H and O–H groups in total. The fraction of sp³-hybridized carbons (Fsp3) is 0.682. The Bertz CT molecular complexity index is 937. The van der Waals surface area contributed by atoms with E-state index in [1.807, 2.05) is 13.8 Å². The average molecular weight is 495 g/mol. The maximum atomic E-state index is 13.0. The zero-order valence-corrected chi connectivity index (χ0v) is 21.0. The minimum absolute atomic E-state index is 0.00817. The fourth-order valence-corrected chi connectivity index (χ4v) is 6.62. The van der Waals surface area contributed by atoms with Crippen molar-refractivity contribution in [2.45, 2.75) is 44.0 Å². The fourth-order valence-electron chi connectivity index (χ4n) is 5.14. The van der Waals surface area contributed by atoms with Crippen LogP contribution >= 0.6 is 11.8 Å². The molecular weight excluding hydrogens is 460 g/mol. The number of carboxylic acids is 1. The predicted molar refractivity (Wildman–Crippen MR) is 128 cm³/mol. The van der Waals surface area contributed by atoms with Gasteiger partial charge in [-0.3, -0.25) is 19.8 Å². The zero-order valence-electron chi connectivity index (χ0n) is 20.2. The van der Waals surface area contributed by atoms with E-state index in [0.29, 0.717) is 17.9 Å². The van der Waals surface area contributed by atoms with E-state index in [9.17, 15) is 24.3 Å². The Hall–Kier alpha value is -2.60. The summed E-state index contributed by atoms with van der Waals surface area (Å²) < 4.78 is 0. The summed E-state index contributed by atoms with van der Waals surface area (Å²) in [6.45, 7) is 4.33. The van der Waals surface area contributed by atoms with Gasteiger partial charge in [-0.2, -0.15) is 0 Å². The lowest BCUT2D eigenvalue weighted by Crippen LogP contribution is -2.62. The predicted octanol–water partition coefficient (Wildman–Crippen LogP) is -0.268. The lowest BCUT2D eigenvalue weighted by Gasteiger charge is -2.47. The van der Waals surface area contributed by atoms with Crippen LogP contribution in [-0.2, 0) is 19.2 Å². The zero-order chi connectivity index (χ0) is 25.5. The van der Waals surface area contributed by atoms with Crippen molar-refractivity contribution in [2.75, 3.05) is 34.2 Å². The van der Waals surface area contributed by atoms with Crippen molar-refractivity contribution in [3.63, 3.8) is 0 Å². The van der Waals surface area contributed by atoms with E-state index in [-0.39, 0.29) is 71.4 Å². The van der Waals surface area contributed by atoms with Gasteiger partial charge in [0.2, 0.25) is 11.8 Å². The highest BCUT2D eigenvalue weighted by molar-refractivity contribution is 8.03. The molecular formula is C22H34N6O5S. The highest BCUT2D eigenvalue weighted by Crippen LogP contribution is 2.53. The summed E-state index contributed by atoms with van der Waals surface area (Å²) in [5.74, 6) is -2.64. The number of fused-ring (bicyclic) bond motifs is 1. The van der Waals surface area contributed by atoms with Crippen LogP contribution in [0.4, 0.5) is 0 Å². The van der Waals surface area contributed by atoms with Crippen LogP contribution in [0, 0.1) is 23.2 Å². The van der Waals surface area contributed by atoms with E-state index >= 15 is 0 Å². The molecule has 0 aromatic carbocycles. The summed E-state index contributed by atoms with van der Waals surface area (Å²) in [6, 6.07) is -0.605. The molecule has 188 valence electrons. The van der Waals surface area contributed by atoms with Crippen LogP contribution in [0.3, 0.4) is 0 Å². The molecule has 1 unspecified atom stereocenters. The topological polar surface area (TPSA) is 160 Å². The molecule has 2 fully saturated rings. The molecule has 3 aliphatic rings. The molecule has 3 heterocycles. The van der Waals surface area contributed by atoms with Gasteiger partial charge in [0, 0.05) is 50.2 Å². The Balaban J connectivity index is 1.70. The number of likely N-dealkylation sites (N-methyl/N-ethyl adjacent to an activating group) is 2. The second kappa shape index (κ2) is 9.95. The molecule has 2 saturated heterocycles. The molecule has 0 saturated carbocycles. The van der Waals surface area contributed by atoms with Crippen molar-refractivity contribution in [3.05, 3.63) is 10.6 Å². The molecule has 0 bridgehead atoms. The van der Waals surface area contributed by atoms with Crippen LogP contribution in [0.1, 0.15) is 26.7 Å². The van der Waals surface area contributed by atoms with Gasteiger partial charge in [0.25, 0.3) is 0 Å². The smallest absolute Gasteiger partial charge is 0.353 e. The largest absolute Gasteiger partial charge is 0.477 e. The number of nitrogens with zero attached hydrogens (tertiary/aromatic N) is 3. The number of hydrogen-bond acceptors (Lipinski definition) is 7. The second-order valence-electron chi connectivity index (χ2n) is 9.66. The van der Waals surface area contributed by atoms with Gasteiger partial charge in [-0.25, -0.2) is 4.79 Å². The van der Waals surface area contributed by atoms with Crippen molar-refractivity contribution >= 4 is 41.3 Å². The molecule has 0 radical (unpaired) electrons. The number of ketones is 1. The third kappa shape index (κ3) is 4.78. The molecule has 11 nitrogen and oxygen atoms in total. The standard InChI is InChI=1S/C22H34N6O5S/c1-10(6-12(29)9-27(5)22(23)24)15-16-11(2)18(17(21(32)33)28(16)20(15)31)34-13-7-14(25-8-13)19(30)26(3)4/h10-11,13-16,25H,6-9H2,1-5H3,(H3,23,24)(H,32,33)/t10-,11+,13?,14-,15+,16+/m0/s1. The Kier molecular flexibility index (Phi) is 7.61. The molecule has 0 aliphatic carbocycles. The van der Waals surface area contributed by atoms with Gasteiger partial charge in [0.1, 0.15) is 5.70 Å². The summed E-state index contributed by atoms with van der Waals surface area (Å²) in [6.07, 6.45) is 0.734. The molecule has 3 aliphatic heterocycles. The summed E-state index contributed by atoms with van der Waals surface area (Å²) in [5, 5.41) is 20.5. The first-order valence-electron chi connectivity index (χ1n) is 11.3. The molecule has 6 atom stereocenters. The molecule has 12 heteroatoms. The molecule has 0 aromatic rings. The molecule has 34 heavy (non-hydrogen) atoms. The van der Waals surface area contributed by atoms with Crippen molar-refractivity contribution in [1.29, 1.82) is 5.41 Å². The number of β-lactam (4-membered cyclic amide) rings is 1. The first-order chi connectivity index (χ1) is 15.8. The van der Waals surface area contributed by atoms with E-state index in [4.69, 9.17) is 11.1 Å². The Labute approximate surface area is 203 Å². The number of nitrogens with one attached hydrogen (secondary N) is 2. The van der Waals surface area contributed by atoms with Gasteiger partial charge in [0.05, 0.1) is 24.5 Å². The summed E-state index contributed by atoms with van der Waals surface area (Å²) in [4.78, 5) is 54.8. The van der Waals surface area contributed by atoms with Gasteiger partial charge >= 0.3 is 5.97 Å². The SMILES string of the molecule is C[C@@H](CC(=O)CN(C)C(=N)N)[C@H]1C(=O)N2C(C(=O)O)=C(SC3CN[C@H](C(=O)N(C)C)C3)[C@H](C)[C@H]12. The van der Waals surface area contributed by atoms with Crippen LogP contribution in [0.25, 0.3) is 0 Å². The number of amides is 2. The second-order valence-corrected chi connectivity index (χ2v) is 11.0. The van der Waals surface area contributed by atoms with Crippen LogP contribution < -0.4 is 11.1 Å². The number of nitrogens with two attached hydrogens (primary N) is 1. The van der Waals surface area contributed by atoms with Crippen LogP contribution in [0.15, 0.2) is 10.6 Å². The molecule has 0 spiro atoms. The van der Waals surface area contributed by atoms with Crippen molar-refractivity contribution in [2.24, 2.45) is 23.5 Å². The van der Waals surface area contributed by atoms with E-state index in [2.05, 4.69) is 5.32 Å². The van der Waals surface area contributed by atoms with Gasteiger partial charge in [-0.05, 0) is 12.3 Å². The van der Waals surface area contributed by atoms with Crippen molar-refractivity contribution < 1.29 is 24.3 Å². The monoisotopic (exact) mass is 494 g/mol. The van der Waals surface area contributed by atoms with Gasteiger partial charge in [-0.1, -0.05) is 13.8 Å². The van der Waals surface area contributed by atoms with Crippen molar-refractivity contribution in [1.82, 2.24) is 20.0 Å². The lowest BCUT2D eigenvalue weighted by atomic mass is 9.73. The number of carbonyl (C=O) groups is 4. The molecule has 0 aromatic heterocycles. The first-order valence-corrected chi connectivity index (χ1v) is 12.2. The highest BCUT2D eigenvalue weighted by Gasteiger charge is 2.60. The quantitative estimate of drug-likeness (QED) is 0.192. The van der Waals surface area contributed by atoms with Gasteiger partial charge in [0.15, 0.2) is 11.7 Å². The number of hydrogen-bond donors (Lipinski definition) is 4. The van der Waals surface area contributed by atoms with E-state index in [0.717, 1.165) is 0 Å². The normalized spacial score (nSPS) is 28.9. The maximum absolute atomic E-state index is 13.0. The lowest BCUT2D eigenvalue weighted by molar-refractivity contribution is -0.160. The molecule has 3 rings (SSSR count). The number of carboxylic acid groups (broad SMARTS) is 1. The van der Waals surface area contributed by atoms with Crippen LogP contribution in [0.2, 0.25) is 0 Å². The third-order valence-electron chi connectivity index (χ3n) is 6.90. The highest BCUT2D eigenvalue weighted by atomic mass is 32.2. The van der Waals surface area contributed by atoms with Crippen molar-refractivity contribution in [3.8, 4) is 0 Å². The Morgan fingerprint density at radius 2 is 1.97 bits per heavy atom. The van der Waals surface area contributed by atoms with Crippen LogP contribution in [-0.4, -0.2) is 101 Å². The number of thioether (sulfide) groups is 1. The minimum Gasteiger partial charge on any atom is -0.477 e. The first kappa shape index (κ1) is 26.0. The number of rotatable bonds is 9. The third-order valence-corrected chi connectivity index (χ3v) is 8.41. The van der Waals surface area contributed by atoms with Gasteiger partial charge < -0.3 is 30.9 Å².